The fourth-order valence-corrected chi connectivity index (χ4v) is 2.78. The number of H-pyrrole nitrogens is 2. The average molecular weight is 308 g/mol. The molecule has 2 aromatic heterocycles. The number of nitrogens with one attached hydrogen (secondary N) is 3. The largest absolute Gasteiger partial charge is 0.376 e. The Morgan fingerprint density at radius 3 is 3.14 bits per heavy atom. The van der Waals surface area contributed by atoms with Gasteiger partial charge in [0, 0.05) is 30.0 Å². The van der Waals surface area contributed by atoms with Gasteiger partial charge in [0.05, 0.1) is 13.2 Å². The number of fused-ring (bicyclic) bond motifs is 1. The number of hydrogen-bond acceptors (Lipinski definition) is 6. The number of amides is 1. The molecular weight excluding hydrogens is 292 g/mol. The van der Waals surface area contributed by atoms with E-state index in [1.54, 1.807) is 0 Å². The van der Waals surface area contributed by atoms with Crippen LogP contribution in [0, 0.1) is 6.92 Å². The Bertz CT molecular complexity index is 637. The van der Waals surface area contributed by atoms with Crippen LogP contribution in [0.15, 0.2) is 5.16 Å². The fourth-order valence-electron chi connectivity index (χ4n) is 2.08. The molecule has 0 fully saturated rings. The van der Waals surface area contributed by atoms with Crippen LogP contribution in [0.25, 0.3) is 0 Å². The van der Waals surface area contributed by atoms with Crippen LogP contribution in [-0.2, 0) is 17.8 Å². The van der Waals surface area contributed by atoms with Crippen LogP contribution in [0.4, 0.5) is 0 Å². The third kappa shape index (κ3) is 3.24. The zero-order chi connectivity index (χ0) is 14.7. The maximum absolute atomic E-state index is 12.1. The van der Waals surface area contributed by atoms with Gasteiger partial charge in [-0.2, -0.15) is 5.10 Å². The molecule has 0 unspecified atom stereocenters. The molecular formula is C12H16N6O2S. The Kier molecular flexibility index (Phi) is 4.20. The Morgan fingerprint density at radius 2 is 2.33 bits per heavy atom. The molecule has 112 valence electrons. The number of rotatable bonds is 5. The Labute approximate surface area is 125 Å². The summed E-state index contributed by atoms with van der Waals surface area (Å²) in [5.74, 6) is 1.31. The minimum Gasteiger partial charge on any atom is -0.376 e. The predicted octanol–water partition coefficient (Wildman–Crippen LogP) is 0.431. The number of carbonyl (C=O) groups is 1. The zero-order valence-corrected chi connectivity index (χ0v) is 12.4. The van der Waals surface area contributed by atoms with Gasteiger partial charge in [0.1, 0.15) is 5.82 Å². The van der Waals surface area contributed by atoms with E-state index in [4.69, 9.17) is 4.74 Å². The van der Waals surface area contributed by atoms with E-state index < -0.39 is 0 Å². The molecule has 0 bridgehead atoms. The molecule has 9 heteroatoms. The quantitative estimate of drug-likeness (QED) is 0.546. The summed E-state index contributed by atoms with van der Waals surface area (Å²) in [6, 6.07) is 0. The van der Waals surface area contributed by atoms with Gasteiger partial charge in [0.2, 0.25) is 5.16 Å². The van der Waals surface area contributed by atoms with Crippen molar-refractivity contribution in [1.82, 2.24) is 30.7 Å². The predicted molar refractivity (Wildman–Crippen MR) is 76.1 cm³/mol. The van der Waals surface area contributed by atoms with Crippen LogP contribution in [0.3, 0.4) is 0 Å². The van der Waals surface area contributed by atoms with Crippen molar-refractivity contribution in [3.63, 3.8) is 0 Å². The van der Waals surface area contributed by atoms with Gasteiger partial charge in [0.15, 0.2) is 5.69 Å². The van der Waals surface area contributed by atoms with Gasteiger partial charge in [0.25, 0.3) is 5.91 Å². The first-order valence-corrected chi connectivity index (χ1v) is 7.66. The Morgan fingerprint density at radius 1 is 1.43 bits per heavy atom. The molecule has 0 radical (unpaired) electrons. The molecule has 2 aromatic rings. The van der Waals surface area contributed by atoms with Crippen LogP contribution in [0.1, 0.15) is 27.6 Å². The van der Waals surface area contributed by atoms with Gasteiger partial charge in [-0.3, -0.25) is 15.0 Å². The van der Waals surface area contributed by atoms with Crippen molar-refractivity contribution in [1.29, 1.82) is 0 Å². The molecule has 1 aliphatic heterocycles. The monoisotopic (exact) mass is 308 g/mol. The maximum atomic E-state index is 12.1. The second kappa shape index (κ2) is 6.27. The van der Waals surface area contributed by atoms with Crippen molar-refractivity contribution in [3.05, 3.63) is 22.8 Å². The van der Waals surface area contributed by atoms with E-state index in [1.807, 2.05) is 6.92 Å². The van der Waals surface area contributed by atoms with Gasteiger partial charge in [-0.25, -0.2) is 4.98 Å². The lowest BCUT2D eigenvalue weighted by Crippen LogP contribution is -2.27. The second-order valence-electron chi connectivity index (χ2n) is 4.64. The smallest absolute Gasteiger partial charge is 0.272 e. The Hall–Kier alpha value is -1.87. The van der Waals surface area contributed by atoms with E-state index in [1.165, 1.54) is 11.8 Å². The fraction of sp³-hybridized carbons (Fsp3) is 0.500. The molecule has 3 N–H and O–H groups in total. The molecule has 0 saturated heterocycles. The minimum absolute atomic E-state index is 0.176. The topological polar surface area (TPSA) is 109 Å². The van der Waals surface area contributed by atoms with E-state index >= 15 is 0 Å². The number of thioether (sulfide) groups is 1. The van der Waals surface area contributed by atoms with E-state index in [0.717, 1.165) is 23.5 Å². The number of aromatic amines is 2. The molecule has 3 rings (SSSR count). The second-order valence-corrected chi connectivity index (χ2v) is 5.70. The van der Waals surface area contributed by atoms with Crippen LogP contribution < -0.4 is 5.32 Å². The highest BCUT2D eigenvalue weighted by Gasteiger charge is 2.21. The number of hydrogen-bond donors (Lipinski definition) is 3. The van der Waals surface area contributed by atoms with E-state index in [9.17, 15) is 4.79 Å². The van der Waals surface area contributed by atoms with Crippen molar-refractivity contribution in [2.24, 2.45) is 0 Å². The van der Waals surface area contributed by atoms with Gasteiger partial charge in [-0.15, -0.1) is 5.10 Å². The molecule has 21 heavy (non-hydrogen) atoms. The van der Waals surface area contributed by atoms with E-state index in [0.29, 0.717) is 36.4 Å². The summed E-state index contributed by atoms with van der Waals surface area (Å²) in [5, 5.41) is 17.3. The average Bonchev–Trinajstić information content (AvgIpc) is 3.09. The molecule has 0 aromatic carbocycles. The van der Waals surface area contributed by atoms with Crippen molar-refractivity contribution in [3.8, 4) is 0 Å². The van der Waals surface area contributed by atoms with Gasteiger partial charge >= 0.3 is 0 Å². The lowest BCUT2D eigenvalue weighted by atomic mass is 10.1. The van der Waals surface area contributed by atoms with Crippen molar-refractivity contribution >= 4 is 17.7 Å². The number of aryl methyl sites for hydroxylation is 1. The van der Waals surface area contributed by atoms with Crippen LogP contribution in [0.2, 0.25) is 0 Å². The highest BCUT2D eigenvalue weighted by molar-refractivity contribution is 7.99. The molecule has 1 aliphatic rings. The number of ether oxygens (including phenoxy) is 1. The minimum atomic E-state index is -0.176. The number of nitrogens with zero attached hydrogens (tertiary/aromatic N) is 3. The maximum Gasteiger partial charge on any atom is 0.272 e. The third-order valence-electron chi connectivity index (χ3n) is 3.11. The lowest BCUT2D eigenvalue weighted by molar-refractivity contribution is 0.0927. The van der Waals surface area contributed by atoms with Crippen molar-refractivity contribution < 1.29 is 9.53 Å². The van der Waals surface area contributed by atoms with Gasteiger partial charge in [-0.1, -0.05) is 11.8 Å². The third-order valence-corrected chi connectivity index (χ3v) is 3.96. The van der Waals surface area contributed by atoms with Gasteiger partial charge < -0.3 is 10.1 Å². The van der Waals surface area contributed by atoms with Crippen LogP contribution in [-0.4, -0.2) is 50.2 Å². The summed E-state index contributed by atoms with van der Waals surface area (Å²) in [6.07, 6.45) is 0.773. The zero-order valence-electron chi connectivity index (χ0n) is 11.6. The SMILES string of the molecule is Cc1nc(SCCNC(=O)c2n[nH]c3c2COCC3)n[nH]1. The first kappa shape index (κ1) is 14.1. The standard InChI is InChI=1S/C12H16N6O2S/c1-7-14-12(18-15-7)21-5-3-13-11(19)10-8-6-20-4-2-9(8)16-17-10/h2-6H2,1H3,(H,13,19)(H,16,17)(H,14,15,18). The molecule has 8 nitrogen and oxygen atoms in total. The molecule has 0 saturated carbocycles. The highest BCUT2D eigenvalue weighted by Crippen LogP contribution is 2.18. The molecule has 3 heterocycles. The van der Waals surface area contributed by atoms with Crippen LogP contribution in [0.5, 0.6) is 0 Å². The van der Waals surface area contributed by atoms with Crippen LogP contribution >= 0.6 is 11.8 Å². The molecule has 1 amide bonds. The Balaban J connectivity index is 1.49. The van der Waals surface area contributed by atoms with E-state index in [-0.39, 0.29) is 5.91 Å². The molecule has 0 spiro atoms. The van der Waals surface area contributed by atoms with Crippen molar-refractivity contribution in [2.75, 3.05) is 18.9 Å². The normalized spacial score (nSPS) is 14.0. The first-order valence-electron chi connectivity index (χ1n) is 6.68. The number of aromatic nitrogens is 5. The molecule has 0 atom stereocenters. The van der Waals surface area contributed by atoms with Crippen molar-refractivity contribution in [2.45, 2.75) is 25.1 Å². The first-order chi connectivity index (χ1) is 10.2. The summed E-state index contributed by atoms with van der Waals surface area (Å²) in [7, 11) is 0. The summed E-state index contributed by atoms with van der Waals surface area (Å²) in [6.45, 7) is 3.49. The highest BCUT2D eigenvalue weighted by atomic mass is 32.2. The summed E-state index contributed by atoms with van der Waals surface area (Å²) in [5.41, 5.74) is 2.30. The number of carbonyl (C=O) groups excluding carboxylic acids is 1. The summed E-state index contributed by atoms with van der Waals surface area (Å²) >= 11 is 1.49. The van der Waals surface area contributed by atoms with Gasteiger partial charge in [-0.05, 0) is 6.92 Å². The lowest BCUT2D eigenvalue weighted by Gasteiger charge is -2.12. The van der Waals surface area contributed by atoms with E-state index in [2.05, 4.69) is 30.7 Å². The summed E-state index contributed by atoms with van der Waals surface area (Å²) in [4.78, 5) is 16.3. The summed E-state index contributed by atoms with van der Waals surface area (Å²) < 4.78 is 5.37. The molecule has 0 aliphatic carbocycles.